The summed E-state index contributed by atoms with van der Waals surface area (Å²) in [5, 5.41) is 14.9. The smallest absolute Gasteiger partial charge is 0.315 e. The minimum Gasteiger partial charge on any atom is -0.391 e. The van der Waals surface area contributed by atoms with Crippen LogP contribution in [-0.2, 0) is 6.54 Å². The summed E-state index contributed by atoms with van der Waals surface area (Å²) in [6.45, 7) is 4.82. The largest absolute Gasteiger partial charge is 0.391 e. The van der Waals surface area contributed by atoms with E-state index in [0.717, 1.165) is 17.5 Å². The van der Waals surface area contributed by atoms with Gasteiger partial charge in [0.15, 0.2) is 0 Å². The van der Waals surface area contributed by atoms with Gasteiger partial charge in [-0.25, -0.2) is 4.79 Å². The minimum absolute atomic E-state index is 0.242. The number of hydrogen-bond acceptors (Lipinski definition) is 2. The van der Waals surface area contributed by atoms with Gasteiger partial charge in [-0.15, -0.1) is 0 Å². The molecule has 1 unspecified atom stereocenters. The van der Waals surface area contributed by atoms with Crippen LogP contribution in [0.3, 0.4) is 0 Å². The van der Waals surface area contributed by atoms with Gasteiger partial charge < -0.3 is 15.7 Å². The fraction of sp³-hybridized carbons (Fsp3) is 0.500. The second-order valence-electron chi connectivity index (χ2n) is 4.43. The number of amides is 2. The van der Waals surface area contributed by atoms with Crippen molar-refractivity contribution >= 4 is 6.03 Å². The number of aliphatic hydroxyl groups excluding tert-OH is 1. The number of aliphatic hydroxyl groups is 1. The molecule has 0 fully saturated rings. The van der Waals surface area contributed by atoms with Crippen molar-refractivity contribution < 1.29 is 9.90 Å². The number of rotatable bonds is 6. The maximum atomic E-state index is 11.5. The van der Waals surface area contributed by atoms with Crippen LogP contribution in [0.2, 0.25) is 0 Å². The van der Waals surface area contributed by atoms with Gasteiger partial charge in [0.05, 0.1) is 6.10 Å². The van der Waals surface area contributed by atoms with E-state index >= 15 is 0 Å². The van der Waals surface area contributed by atoms with Gasteiger partial charge >= 0.3 is 6.03 Å². The van der Waals surface area contributed by atoms with Gasteiger partial charge in [-0.1, -0.05) is 37.6 Å². The van der Waals surface area contributed by atoms with Crippen LogP contribution < -0.4 is 10.6 Å². The Kier molecular flexibility index (Phi) is 6.22. The van der Waals surface area contributed by atoms with E-state index in [1.54, 1.807) is 0 Å². The van der Waals surface area contributed by atoms with Crippen molar-refractivity contribution in [3.63, 3.8) is 0 Å². The minimum atomic E-state index is -0.459. The summed E-state index contributed by atoms with van der Waals surface area (Å²) in [7, 11) is 0. The second kappa shape index (κ2) is 7.71. The van der Waals surface area contributed by atoms with E-state index in [2.05, 4.69) is 10.6 Å². The topological polar surface area (TPSA) is 61.4 Å². The first-order valence-corrected chi connectivity index (χ1v) is 6.37. The molecular weight excluding hydrogens is 228 g/mol. The third kappa shape index (κ3) is 5.19. The molecule has 1 aromatic rings. The standard InChI is InChI=1S/C14H22N2O2/c1-3-6-13(17)10-16-14(18)15-9-12-8-5-4-7-11(12)2/h4-5,7-8,13,17H,3,6,9-10H2,1-2H3,(H2,15,16,18). The number of aryl methyl sites for hydroxylation is 1. The summed E-state index contributed by atoms with van der Waals surface area (Å²) in [6.07, 6.45) is 1.16. The molecule has 0 heterocycles. The lowest BCUT2D eigenvalue weighted by Crippen LogP contribution is -2.39. The Hall–Kier alpha value is -1.55. The molecule has 3 N–H and O–H groups in total. The maximum absolute atomic E-state index is 11.5. The van der Waals surface area contributed by atoms with E-state index in [1.807, 2.05) is 38.1 Å². The van der Waals surface area contributed by atoms with E-state index in [1.165, 1.54) is 0 Å². The van der Waals surface area contributed by atoms with Gasteiger partial charge in [-0.3, -0.25) is 0 Å². The zero-order valence-electron chi connectivity index (χ0n) is 11.1. The van der Waals surface area contributed by atoms with Crippen LogP contribution in [0.1, 0.15) is 30.9 Å². The molecule has 0 aliphatic heterocycles. The molecule has 4 nitrogen and oxygen atoms in total. The fourth-order valence-corrected chi connectivity index (χ4v) is 1.69. The quantitative estimate of drug-likeness (QED) is 0.722. The third-order valence-electron chi connectivity index (χ3n) is 2.82. The Labute approximate surface area is 108 Å². The van der Waals surface area contributed by atoms with Crippen LogP contribution in [0, 0.1) is 6.92 Å². The summed E-state index contributed by atoms with van der Waals surface area (Å²) >= 11 is 0. The zero-order chi connectivity index (χ0) is 13.4. The van der Waals surface area contributed by atoms with E-state index in [0.29, 0.717) is 19.5 Å². The van der Waals surface area contributed by atoms with Gasteiger partial charge in [-0.2, -0.15) is 0 Å². The van der Waals surface area contributed by atoms with Crippen LogP contribution in [0.5, 0.6) is 0 Å². The average molecular weight is 250 g/mol. The van der Waals surface area contributed by atoms with Gasteiger partial charge in [0.25, 0.3) is 0 Å². The second-order valence-corrected chi connectivity index (χ2v) is 4.43. The van der Waals surface area contributed by atoms with Gasteiger partial charge in [0, 0.05) is 13.1 Å². The van der Waals surface area contributed by atoms with Crippen molar-refractivity contribution in [2.45, 2.75) is 39.3 Å². The van der Waals surface area contributed by atoms with Crippen LogP contribution >= 0.6 is 0 Å². The molecule has 0 radical (unpaired) electrons. The molecule has 1 atom stereocenters. The zero-order valence-corrected chi connectivity index (χ0v) is 11.1. The lowest BCUT2D eigenvalue weighted by atomic mass is 10.1. The molecule has 0 aromatic heterocycles. The number of hydrogen-bond donors (Lipinski definition) is 3. The summed E-state index contributed by atoms with van der Waals surface area (Å²) in [5.41, 5.74) is 2.26. The highest BCUT2D eigenvalue weighted by molar-refractivity contribution is 5.73. The molecule has 0 saturated carbocycles. The molecule has 0 bridgehead atoms. The number of nitrogens with one attached hydrogen (secondary N) is 2. The monoisotopic (exact) mass is 250 g/mol. The Morgan fingerprint density at radius 1 is 1.33 bits per heavy atom. The summed E-state index contributed by atoms with van der Waals surface area (Å²) in [4.78, 5) is 11.5. The summed E-state index contributed by atoms with van der Waals surface area (Å²) < 4.78 is 0. The molecule has 1 rings (SSSR count). The van der Waals surface area contributed by atoms with E-state index in [-0.39, 0.29) is 6.03 Å². The van der Waals surface area contributed by atoms with Gasteiger partial charge in [0.2, 0.25) is 0 Å². The molecule has 2 amide bonds. The highest BCUT2D eigenvalue weighted by Gasteiger charge is 2.05. The Bertz CT molecular complexity index is 380. The molecule has 0 saturated heterocycles. The van der Waals surface area contributed by atoms with Crippen LogP contribution in [0.15, 0.2) is 24.3 Å². The first-order chi connectivity index (χ1) is 8.63. The summed E-state index contributed by atoms with van der Waals surface area (Å²) in [6, 6.07) is 7.68. The van der Waals surface area contributed by atoms with Crippen molar-refractivity contribution in [2.75, 3.05) is 6.54 Å². The molecule has 1 aromatic carbocycles. The van der Waals surface area contributed by atoms with E-state index in [9.17, 15) is 9.90 Å². The molecule has 4 heteroatoms. The number of carbonyl (C=O) groups is 1. The SMILES string of the molecule is CCCC(O)CNC(=O)NCc1ccccc1C. The van der Waals surface area contributed by atoms with Crippen LogP contribution in [0.4, 0.5) is 4.79 Å². The highest BCUT2D eigenvalue weighted by Crippen LogP contribution is 2.05. The lowest BCUT2D eigenvalue weighted by molar-refractivity contribution is 0.160. The van der Waals surface area contributed by atoms with Crippen LogP contribution in [-0.4, -0.2) is 23.8 Å². The van der Waals surface area contributed by atoms with Crippen molar-refractivity contribution in [3.8, 4) is 0 Å². The van der Waals surface area contributed by atoms with Gasteiger partial charge in [0.1, 0.15) is 0 Å². The predicted molar refractivity (Wildman–Crippen MR) is 72.3 cm³/mol. The van der Waals surface area contributed by atoms with Crippen molar-refractivity contribution in [1.82, 2.24) is 10.6 Å². The Balaban J connectivity index is 2.27. The molecule has 0 spiro atoms. The predicted octanol–water partition coefficient (Wildman–Crippen LogP) is 1.96. The molecule has 0 aliphatic rings. The molecule has 100 valence electrons. The van der Waals surface area contributed by atoms with E-state index in [4.69, 9.17) is 0 Å². The molecule has 18 heavy (non-hydrogen) atoms. The Morgan fingerprint density at radius 2 is 2.06 bits per heavy atom. The van der Waals surface area contributed by atoms with Crippen molar-refractivity contribution in [2.24, 2.45) is 0 Å². The van der Waals surface area contributed by atoms with Crippen LogP contribution in [0.25, 0.3) is 0 Å². The van der Waals surface area contributed by atoms with Crippen molar-refractivity contribution in [3.05, 3.63) is 35.4 Å². The Morgan fingerprint density at radius 3 is 2.72 bits per heavy atom. The van der Waals surface area contributed by atoms with Gasteiger partial charge in [-0.05, 0) is 24.5 Å². The highest BCUT2D eigenvalue weighted by atomic mass is 16.3. The van der Waals surface area contributed by atoms with E-state index < -0.39 is 6.10 Å². The summed E-state index contributed by atoms with van der Waals surface area (Å²) in [5.74, 6) is 0. The number of benzene rings is 1. The maximum Gasteiger partial charge on any atom is 0.315 e. The van der Waals surface area contributed by atoms with Crippen molar-refractivity contribution in [1.29, 1.82) is 0 Å². The molecular formula is C14H22N2O2. The first kappa shape index (κ1) is 14.5. The fourth-order valence-electron chi connectivity index (χ4n) is 1.69. The number of urea groups is 1. The lowest BCUT2D eigenvalue weighted by Gasteiger charge is -2.12. The normalized spacial score (nSPS) is 11.9. The number of carbonyl (C=O) groups excluding carboxylic acids is 1. The first-order valence-electron chi connectivity index (χ1n) is 6.37. The average Bonchev–Trinajstić information content (AvgIpc) is 2.36. The third-order valence-corrected chi connectivity index (χ3v) is 2.82. The molecule has 0 aliphatic carbocycles.